The van der Waals surface area contributed by atoms with Crippen molar-refractivity contribution in [1.82, 2.24) is 10.6 Å². The van der Waals surface area contributed by atoms with Crippen LogP contribution in [-0.4, -0.2) is 24.5 Å². The van der Waals surface area contributed by atoms with Gasteiger partial charge >= 0.3 is 0 Å². The Morgan fingerprint density at radius 3 is 2.39 bits per heavy atom. The summed E-state index contributed by atoms with van der Waals surface area (Å²) in [7, 11) is 1.84. The van der Waals surface area contributed by atoms with Gasteiger partial charge in [0.05, 0.1) is 5.54 Å². The maximum atomic E-state index is 12.3. The predicted octanol–water partition coefficient (Wildman–Crippen LogP) is 2.56. The van der Waals surface area contributed by atoms with Crippen LogP contribution in [0.4, 0.5) is 0 Å². The van der Waals surface area contributed by atoms with Gasteiger partial charge in [0.1, 0.15) is 0 Å². The molecule has 1 aliphatic carbocycles. The Kier molecular flexibility index (Phi) is 5.20. The van der Waals surface area contributed by atoms with Gasteiger partial charge in [-0.3, -0.25) is 4.79 Å². The summed E-state index contributed by atoms with van der Waals surface area (Å²) < 4.78 is 0. The van der Waals surface area contributed by atoms with Gasteiger partial charge in [-0.1, -0.05) is 27.2 Å². The van der Waals surface area contributed by atoms with Gasteiger partial charge < -0.3 is 10.6 Å². The van der Waals surface area contributed by atoms with Crippen LogP contribution in [0.2, 0.25) is 0 Å². The molecule has 3 unspecified atom stereocenters. The van der Waals surface area contributed by atoms with E-state index in [-0.39, 0.29) is 5.91 Å². The van der Waals surface area contributed by atoms with E-state index in [4.69, 9.17) is 0 Å². The second kappa shape index (κ2) is 6.05. The highest BCUT2D eigenvalue weighted by Crippen LogP contribution is 2.33. The molecule has 1 saturated carbocycles. The van der Waals surface area contributed by atoms with Crippen LogP contribution in [0.1, 0.15) is 53.9 Å². The fourth-order valence-electron chi connectivity index (χ4n) is 2.83. The van der Waals surface area contributed by atoms with Crippen molar-refractivity contribution in [3.05, 3.63) is 0 Å². The highest BCUT2D eigenvalue weighted by Gasteiger charge is 2.34. The third-order valence-corrected chi connectivity index (χ3v) is 4.53. The lowest BCUT2D eigenvalue weighted by atomic mass is 9.74. The van der Waals surface area contributed by atoms with Gasteiger partial charge in [-0.2, -0.15) is 0 Å². The first-order valence-corrected chi connectivity index (χ1v) is 7.27. The Morgan fingerprint density at radius 1 is 1.28 bits per heavy atom. The molecule has 1 rings (SSSR count). The SMILES string of the molecule is CNC(C)(C)C(=O)NC1CC(C)CCC1C(C)C. The molecule has 0 saturated heterocycles. The van der Waals surface area contributed by atoms with Gasteiger partial charge in [-0.05, 0) is 51.5 Å². The largest absolute Gasteiger partial charge is 0.351 e. The van der Waals surface area contributed by atoms with E-state index in [0.717, 1.165) is 12.3 Å². The smallest absolute Gasteiger partial charge is 0.239 e. The molecule has 0 aliphatic heterocycles. The van der Waals surface area contributed by atoms with Gasteiger partial charge in [0.15, 0.2) is 0 Å². The molecule has 0 aromatic heterocycles. The Balaban J connectivity index is 2.69. The predicted molar refractivity (Wildman–Crippen MR) is 76.4 cm³/mol. The minimum Gasteiger partial charge on any atom is -0.351 e. The molecule has 3 heteroatoms. The quantitative estimate of drug-likeness (QED) is 0.809. The van der Waals surface area contributed by atoms with E-state index in [0.29, 0.717) is 17.9 Å². The third kappa shape index (κ3) is 3.71. The molecule has 2 N–H and O–H groups in total. The first kappa shape index (κ1) is 15.5. The highest BCUT2D eigenvalue weighted by molar-refractivity contribution is 5.85. The van der Waals surface area contributed by atoms with Crippen LogP contribution >= 0.6 is 0 Å². The van der Waals surface area contributed by atoms with Gasteiger partial charge in [-0.15, -0.1) is 0 Å². The van der Waals surface area contributed by atoms with E-state index in [1.807, 2.05) is 20.9 Å². The Morgan fingerprint density at radius 2 is 1.89 bits per heavy atom. The lowest BCUT2D eigenvalue weighted by Gasteiger charge is -2.39. The summed E-state index contributed by atoms with van der Waals surface area (Å²) >= 11 is 0. The number of likely N-dealkylation sites (N-methyl/N-ethyl adjacent to an activating group) is 1. The molecule has 0 radical (unpaired) electrons. The van der Waals surface area contributed by atoms with Crippen LogP contribution in [0.5, 0.6) is 0 Å². The number of amides is 1. The standard InChI is InChI=1S/C15H30N2O/c1-10(2)12-8-7-11(3)9-13(12)17-14(18)15(4,5)16-6/h10-13,16H,7-9H2,1-6H3,(H,17,18). The average Bonchev–Trinajstić information content (AvgIpc) is 2.28. The van der Waals surface area contributed by atoms with Crippen molar-refractivity contribution < 1.29 is 4.79 Å². The van der Waals surface area contributed by atoms with E-state index < -0.39 is 5.54 Å². The Labute approximate surface area is 112 Å². The average molecular weight is 254 g/mol. The summed E-state index contributed by atoms with van der Waals surface area (Å²) in [5.74, 6) is 2.11. The van der Waals surface area contributed by atoms with E-state index in [1.54, 1.807) is 0 Å². The molecule has 3 nitrogen and oxygen atoms in total. The molecule has 3 atom stereocenters. The van der Waals surface area contributed by atoms with Crippen molar-refractivity contribution in [2.45, 2.75) is 65.5 Å². The van der Waals surface area contributed by atoms with Crippen molar-refractivity contribution in [2.24, 2.45) is 17.8 Å². The zero-order valence-electron chi connectivity index (χ0n) is 12.8. The zero-order chi connectivity index (χ0) is 13.9. The fraction of sp³-hybridized carbons (Fsp3) is 0.933. The second-order valence-electron chi connectivity index (χ2n) is 6.78. The number of carbonyl (C=O) groups is 1. The number of hydrogen-bond acceptors (Lipinski definition) is 2. The van der Waals surface area contributed by atoms with E-state index in [2.05, 4.69) is 31.4 Å². The van der Waals surface area contributed by atoms with Gasteiger partial charge in [0.25, 0.3) is 0 Å². The van der Waals surface area contributed by atoms with Crippen molar-refractivity contribution in [3.8, 4) is 0 Å². The van der Waals surface area contributed by atoms with Crippen LogP contribution in [0.15, 0.2) is 0 Å². The number of carbonyl (C=O) groups excluding carboxylic acids is 1. The molecule has 0 aromatic rings. The highest BCUT2D eigenvalue weighted by atomic mass is 16.2. The van der Waals surface area contributed by atoms with E-state index in [9.17, 15) is 4.79 Å². The zero-order valence-corrected chi connectivity index (χ0v) is 12.8. The second-order valence-corrected chi connectivity index (χ2v) is 6.78. The van der Waals surface area contributed by atoms with Crippen LogP contribution in [0, 0.1) is 17.8 Å². The topological polar surface area (TPSA) is 41.1 Å². The molecule has 0 bridgehead atoms. The lowest BCUT2D eigenvalue weighted by Crippen LogP contribution is -2.56. The summed E-state index contributed by atoms with van der Waals surface area (Å²) in [6, 6.07) is 0.342. The molecular weight excluding hydrogens is 224 g/mol. The Bertz CT molecular complexity index is 286. The monoisotopic (exact) mass is 254 g/mol. The summed E-state index contributed by atoms with van der Waals surface area (Å²) in [5, 5.41) is 6.34. The normalized spacial score (nSPS) is 29.4. The molecule has 1 aliphatic rings. The van der Waals surface area contributed by atoms with Crippen LogP contribution in [-0.2, 0) is 4.79 Å². The molecular formula is C15H30N2O. The summed E-state index contributed by atoms with van der Waals surface area (Å²) in [4.78, 5) is 12.3. The minimum atomic E-state index is -0.484. The maximum Gasteiger partial charge on any atom is 0.239 e. The van der Waals surface area contributed by atoms with Crippen molar-refractivity contribution in [2.75, 3.05) is 7.05 Å². The van der Waals surface area contributed by atoms with Crippen LogP contribution in [0.3, 0.4) is 0 Å². The summed E-state index contributed by atoms with van der Waals surface area (Å²) in [6.45, 7) is 10.7. The van der Waals surface area contributed by atoms with E-state index in [1.165, 1.54) is 12.8 Å². The lowest BCUT2D eigenvalue weighted by molar-refractivity contribution is -0.127. The molecule has 0 aromatic carbocycles. The number of nitrogens with one attached hydrogen (secondary N) is 2. The number of hydrogen-bond donors (Lipinski definition) is 2. The summed E-state index contributed by atoms with van der Waals surface area (Å²) in [6.07, 6.45) is 3.66. The fourth-order valence-corrected chi connectivity index (χ4v) is 2.83. The first-order chi connectivity index (χ1) is 8.27. The van der Waals surface area contributed by atoms with Crippen molar-refractivity contribution in [3.63, 3.8) is 0 Å². The maximum absolute atomic E-state index is 12.3. The van der Waals surface area contributed by atoms with Gasteiger partial charge in [0.2, 0.25) is 5.91 Å². The molecule has 106 valence electrons. The van der Waals surface area contributed by atoms with Crippen LogP contribution in [0.25, 0.3) is 0 Å². The van der Waals surface area contributed by atoms with Crippen molar-refractivity contribution in [1.29, 1.82) is 0 Å². The third-order valence-electron chi connectivity index (χ3n) is 4.53. The van der Waals surface area contributed by atoms with Crippen molar-refractivity contribution >= 4 is 5.91 Å². The number of rotatable bonds is 4. The first-order valence-electron chi connectivity index (χ1n) is 7.27. The van der Waals surface area contributed by atoms with E-state index >= 15 is 0 Å². The molecule has 18 heavy (non-hydrogen) atoms. The molecule has 0 spiro atoms. The summed E-state index contributed by atoms with van der Waals surface area (Å²) in [5.41, 5.74) is -0.484. The van der Waals surface area contributed by atoms with Gasteiger partial charge in [0, 0.05) is 6.04 Å². The van der Waals surface area contributed by atoms with Gasteiger partial charge in [-0.25, -0.2) is 0 Å². The molecule has 1 amide bonds. The molecule has 0 heterocycles. The van der Waals surface area contributed by atoms with Crippen LogP contribution < -0.4 is 10.6 Å². The Hall–Kier alpha value is -0.570. The molecule has 1 fully saturated rings. The minimum absolute atomic E-state index is 0.120.